The quantitative estimate of drug-likeness (QED) is 0.830. The van der Waals surface area contributed by atoms with Crippen molar-refractivity contribution in [1.82, 2.24) is 10.2 Å². The Morgan fingerprint density at radius 3 is 2.38 bits per heavy atom. The zero-order valence-corrected chi connectivity index (χ0v) is 13.2. The van der Waals surface area contributed by atoms with Crippen molar-refractivity contribution in [2.75, 3.05) is 20.7 Å². The van der Waals surface area contributed by atoms with Crippen LogP contribution in [0.4, 0.5) is 0 Å². The molecule has 5 nitrogen and oxygen atoms in total. The van der Waals surface area contributed by atoms with Crippen molar-refractivity contribution < 1.29 is 14.3 Å². The predicted molar refractivity (Wildman–Crippen MR) is 82.2 cm³/mol. The van der Waals surface area contributed by atoms with Gasteiger partial charge in [0.15, 0.2) is 0 Å². The van der Waals surface area contributed by atoms with Crippen LogP contribution in [0.2, 0.25) is 0 Å². The van der Waals surface area contributed by atoms with Crippen LogP contribution in [-0.4, -0.2) is 43.5 Å². The summed E-state index contributed by atoms with van der Waals surface area (Å²) in [5, 5.41) is 2.71. The smallest absolute Gasteiger partial charge is 0.244 e. The predicted octanol–water partition coefficient (Wildman–Crippen LogP) is 1.61. The number of benzene rings is 1. The molecule has 0 aliphatic rings. The third-order valence-electron chi connectivity index (χ3n) is 3.06. The normalized spacial score (nSPS) is 11.6. The van der Waals surface area contributed by atoms with Gasteiger partial charge in [0, 0.05) is 20.5 Å². The fraction of sp³-hybridized carbons (Fsp3) is 0.500. The molecular formula is C16H24N2O3. The Morgan fingerprint density at radius 1 is 1.24 bits per heavy atom. The third-order valence-corrected chi connectivity index (χ3v) is 3.06. The van der Waals surface area contributed by atoms with Crippen LogP contribution in [0.25, 0.3) is 0 Å². The van der Waals surface area contributed by atoms with Crippen LogP contribution < -0.4 is 10.1 Å². The minimum atomic E-state index is -0.493. The number of nitrogens with zero attached hydrogens (tertiary/aromatic N) is 1. The van der Waals surface area contributed by atoms with E-state index in [0.29, 0.717) is 19.4 Å². The van der Waals surface area contributed by atoms with Gasteiger partial charge in [-0.25, -0.2) is 0 Å². The van der Waals surface area contributed by atoms with Gasteiger partial charge in [-0.05, 0) is 38.0 Å². The van der Waals surface area contributed by atoms with Crippen molar-refractivity contribution >= 4 is 11.8 Å². The molecule has 1 atom stereocenters. The van der Waals surface area contributed by atoms with Gasteiger partial charge in [-0.3, -0.25) is 9.59 Å². The number of carbonyl (C=O) groups excluding carboxylic acids is 2. The van der Waals surface area contributed by atoms with Crippen molar-refractivity contribution in [1.29, 1.82) is 0 Å². The van der Waals surface area contributed by atoms with Gasteiger partial charge in [-0.1, -0.05) is 12.1 Å². The Balaban J connectivity index is 2.40. The molecule has 1 unspecified atom stereocenters. The van der Waals surface area contributed by atoms with Crippen molar-refractivity contribution in [3.05, 3.63) is 29.8 Å². The number of carbonyl (C=O) groups is 2. The van der Waals surface area contributed by atoms with E-state index in [2.05, 4.69) is 5.32 Å². The summed E-state index contributed by atoms with van der Waals surface area (Å²) >= 11 is 0. The maximum Gasteiger partial charge on any atom is 0.244 e. The molecule has 0 aromatic heterocycles. The highest BCUT2D eigenvalue weighted by atomic mass is 16.5. The Hall–Kier alpha value is -2.04. The maximum absolute atomic E-state index is 11.8. The molecule has 2 amide bonds. The second-order valence-corrected chi connectivity index (χ2v) is 5.10. The number of hydrogen-bond acceptors (Lipinski definition) is 3. The number of hydrogen-bond donors (Lipinski definition) is 1. The highest BCUT2D eigenvalue weighted by Gasteiger charge is 2.16. The van der Waals surface area contributed by atoms with Gasteiger partial charge < -0.3 is 15.0 Å². The lowest BCUT2D eigenvalue weighted by Crippen LogP contribution is -2.44. The fourth-order valence-electron chi connectivity index (χ4n) is 1.94. The highest BCUT2D eigenvalue weighted by Crippen LogP contribution is 2.13. The highest BCUT2D eigenvalue weighted by molar-refractivity contribution is 5.87. The average molecular weight is 292 g/mol. The van der Waals surface area contributed by atoms with E-state index in [1.54, 1.807) is 21.0 Å². The van der Waals surface area contributed by atoms with Gasteiger partial charge in [0.05, 0.1) is 6.61 Å². The molecule has 0 heterocycles. The average Bonchev–Trinajstić information content (AvgIpc) is 2.45. The van der Waals surface area contributed by atoms with E-state index in [0.717, 1.165) is 11.3 Å². The number of aryl methyl sites for hydroxylation is 1. The summed E-state index contributed by atoms with van der Waals surface area (Å²) in [6.07, 6.45) is 1.00. The first-order valence-corrected chi connectivity index (χ1v) is 7.16. The van der Waals surface area contributed by atoms with Crippen LogP contribution in [-0.2, 0) is 16.0 Å². The number of rotatable bonds is 7. The summed E-state index contributed by atoms with van der Waals surface area (Å²) in [5.41, 5.74) is 1.07. The molecule has 5 heteroatoms. The zero-order chi connectivity index (χ0) is 15.8. The van der Waals surface area contributed by atoms with Crippen LogP contribution in [0, 0.1) is 0 Å². The van der Waals surface area contributed by atoms with E-state index >= 15 is 0 Å². The Bertz CT molecular complexity index is 469. The molecule has 0 spiro atoms. The molecule has 0 fully saturated rings. The number of nitrogens with one attached hydrogen (secondary N) is 1. The fourth-order valence-corrected chi connectivity index (χ4v) is 1.94. The molecule has 1 aromatic carbocycles. The summed E-state index contributed by atoms with van der Waals surface area (Å²) in [4.78, 5) is 24.9. The Morgan fingerprint density at radius 2 is 1.86 bits per heavy atom. The molecule has 116 valence electrons. The molecule has 1 aromatic rings. The van der Waals surface area contributed by atoms with Crippen molar-refractivity contribution in [3.8, 4) is 5.75 Å². The minimum absolute atomic E-state index is 0.107. The lowest BCUT2D eigenvalue weighted by atomic mass is 10.1. The molecular weight excluding hydrogens is 268 g/mol. The zero-order valence-electron chi connectivity index (χ0n) is 13.2. The molecule has 21 heavy (non-hydrogen) atoms. The van der Waals surface area contributed by atoms with Crippen LogP contribution in [0.3, 0.4) is 0 Å². The molecule has 0 radical (unpaired) electrons. The van der Waals surface area contributed by atoms with E-state index in [4.69, 9.17) is 4.74 Å². The molecule has 0 saturated carbocycles. The van der Waals surface area contributed by atoms with E-state index < -0.39 is 6.04 Å². The van der Waals surface area contributed by atoms with Crippen LogP contribution in [0.15, 0.2) is 24.3 Å². The van der Waals surface area contributed by atoms with Gasteiger partial charge in [-0.2, -0.15) is 0 Å². The summed E-state index contributed by atoms with van der Waals surface area (Å²) < 4.78 is 5.37. The molecule has 0 aliphatic carbocycles. The van der Waals surface area contributed by atoms with Crippen molar-refractivity contribution in [2.45, 2.75) is 32.7 Å². The first-order chi connectivity index (χ1) is 9.93. The summed E-state index contributed by atoms with van der Waals surface area (Å²) in [5.74, 6) is 0.604. The maximum atomic E-state index is 11.8. The lowest BCUT2D eigenvalue weighted by Gasteiger charge is -2.17. The topological polar surface area (TPSA) is 58.6 Å². The number of amides is 2. The van der Waals surface area contributed by atoms with E-state index in [9.17, 15) is 9.59 Å². The molecule has 0 aliphatic heterocycles. The van der Waals surface area contributed by atoms with Crippen molar-refractivity contribution in [3.63, 3.8) is 0 Å². The van der Waals surface area contributed by atoms with Gasteiger partial charge in [0.25, 0.3) is 0 Å². The van der Waals surface area contributed by atoms with Crippen LogP contribution in [0.5, 0.6) is 5.75 Å². The van der Waals surface area contributed by atoms with E-state index in [1.165, 1.54) is 4.90 Å². The largest absolute Gasteiger partial charge is 0.494 e. The van der Waals surface area contributed by atoms with Gasteiger partial charge >= 0.3 is 0 Å². The van der Waals surface area contributed by atoms with E-state index in [-0.39, 0.29) is 11.8 Å². The van der Waals surface area contributed by atoms with E-state index in [1.807, 2.05) is 31.2 Å². The van der Waals surface area contributed by atoms with Crippen LogP contribution in [0.1, 0.15) is 25.8 Å². The first kappa shape index (κ1) is 17.0. The third kappa shape index (κ3) is 5.85. The second kappa shape index (κ2) is 8.29. The molecule has 1 N–H and O–H groups in total. The monoisotopic (exact) mass is 292 g/mol. The number of ether oxygens (including phenoxy) is 1. The van der Waals surface area contributed by atoms with Gasteiger partial charge in [-0.15, -0.1) is 0 Å². The van der Waals surface area contributed by atoms with Gasteiger partial charge in [0.2, 0.25) is 11.8 Å². The Kier molecular flexibility index (Phi) is 6.72. The summed E-state index contributed by atoms with van der Waals surface area (Å²) in [7, 11) is 3.34. The van der Waals surface area contributed by atoms with Gasteiger partial charge in [0.1, 0.15) is 11.8 Å². The standard InChI is InChI=1S/C16H24N2O3/c1-5-21-14-9-6-13(7-10-14)8-11-15(19)17-12(2)16(20)18(3)4/h6-7,9-10,12H,5,8,11H2,1-4H3,(H,17,19). The molecule has 1 rings (SSSR count). The second-order valence-electron chi connectivity index (χ2n) is 5.10. The Labute approximate surface area is 126 Å². The van der Waals surface area contributed by atoms with Crippen LogP contribution >= 0.6 is 0 Å². The SMILES string of the molecule is CCOc1ccc(CCC(=O)NC(C)C(=O)N(C)C)cc1. The lowest BCUT2D eigenvalue weighted by molar-refractivity contribution is -0.133. The summed E-state index contributed by atoms with van der Waals surface area (Å²) in [6.45, 7) is 4.27. The molecule has 0 saturated heterocycles. The summed E-state index contributed by atoms with van der Waals surface area (Å²) in [6, 6.07) is 7.20. The molecule has 0 bridgehead atoms. The first-order valence-electron chi connectivity index (χ1n) is 7.16. The van der Waals surface area contributed by atoms with Crippen molar-refractivity contribution in [2.24, 2.45) is 0 Å². The minimum Gasteiger partial charge on any atom is -0.494 e. The number of likely N-dealkylation sites (N-methyl/N-ethyl adjacent to an activating group) is 1.